The van der Waals surface area contributed by atoms with Crippen molar-refractivity contribution in [2.24, 2.45) is 5.92 Å². The van der Waals surface area contributed by atoms with Gasteiger partial charge in [-0.3, -0.25) is 14.3 Å². The Bertz CT molecular complexity index is 841. The SMILES string of the molecule is CC(C)(C)c1cc(=O)n(CC2CCN(Cc3nnc(C4CC4)s3)CC2)cn1. The van der Waals surface area contributed by atoms with Gasteiger partial charge in [-0.1, -0.05) is 32.1 Å². The molecule has 0 aromatic carbocycles. The van der Waals surface area contributed by atoms with Crippen molar-refractivity contribution in [1.82, 2.24) is 24.6 Å². The van der Waals surface area contributed by atoms with E-state index in [1.807, 2.05) is 0 Å². The van der Waals surface area contributed by atoms with Gasteiger partial charge in [0.25, 0.3) is 5.56 Å². The Morgan fingerprint density at radius 3 is 2.52 bits per heavy atom. The number of hydrogen-bond acceptors (Lipinski definition) is 6. The van der Waals surface area contributed by atoms with E-state index in [4.69, 9.17) is 0 Å². The monoisotopic (exact) mass is 387 g/mol. The summed E-state index contributed by atoms with van der Waals surface area (Å²) in [7, 11) is 0. The van der Waals surface area contributed by atoms with E-state index in [0.717, 1.165) is 49.7 Å². The van der Waals surface area contributed by atoms with Crippen LogP contribution in [0.4, 0.5) is 0 Å². The molecule has 2 aliphatic rings. The zero-order valence-corrected chi connectivity index (χ0v) is 17.3. The minimum Gasteiger partial charge on any atom is -0.299 e. The van der Waals surface area contributed by atoms with Crippen LogP contribution < -0.4 is 5.56 Å². The third-order valence-electron chi connectivity index (χ3n) is 5.58. The molecule has 146 valence electrons. The third-order valence-corrected chi connectivity index (χ3v) is 6.65. The average molecular weight is 388 g/mol. The second-order valence-corrected chi connectivity index (χ2v) is 10.1. The summed E-state index contributed by atoms with van der Waals surface area (Å²) in [5.41, 5.74) is 0.841. The van der Waals surface area contributed by atoms with Crippen molar-refractivity contribution in [3.8, 4) is 0 Å². The fourth-order valence-corrected chi connectivity index (χ4v) is 4.65. The number of nitrogens with zero attached hydrogens (tertiary/aromatic N) is 5. The number of rotatable bonds is 5. The fraction of sp³-hybridized carbons (Fsp3) is 0.700. The minimum atomic E-state index is -0.0896. The molecule has 4 rings (SSSR count). The molecule has 2 fully saturated rings. The normalized spacial score (nSPS) is 19.5. The van der Waals surface area contributed by atoms with E-state index >= 15 is 0 Å². The Kier molecular flexibility index (Phi) is 5.16. The zero-order chi connectivity index (χ0) is 19.0. The van der Waals surface area contributed by atoms with Crippen molar-refractivity contribution in [2.45, 2.75) is 70.9 Å². The molecule has 1 saturated heterocycles. The summed E-state index contributed by atoms with van der Waals surface area (Å²) in [5.74, 6) is 1.23. The molecule has 7 heteroatoms. The number of likely N-dealkylation sites (tertiary alicyclic amines) is 1. The predicted octanol–water partition coefficient (Wildman–Crippen LogP) is 3.18. The van der Waals surface area contributed by atoms with Crippen LogP contribution in [0.1, 0.15) is 68.1 Å². The first kappa shape index (κ1) is 18.7. The van der Waals surface area contributed by atoms with Crippen LogP contribution in [0.2, 0.25) is 0 Å². The van der Waals surface area contributed by atoms with Crippen LogP contribution in [0.15, 0.2) is 17.2 Å². The Morgan fingerprint density at radius 1 is 1.15 bits per heavy atom. The molecular formula is C20H29N5OS. The van der Waals surface area contributed by atoms with Gasteiger partial charge in [0.15, 0.2) is 0 Å². The van der Waals surface area contributed by atoms with Gasteiger partial charge < -0.3 is 0 Å². The molecule has 0 spiro atoms. The summed E-state index contributed by atoms with van der Waals surface area (Å²) < 4.78 is 1.78. The highest BCUT2D eigenvalue weighted by atomic mass is 32.1. The number of piperidine rings is 1. The first-order chi connectivity index (χ1) is 12.9. The van der Waals surface area contributed by atoms with Gasteiger partial charge in [-0.15, -0.1) is 10.2 Å². The van der Waals surface area contributed by atoms with Crippen molar-refractivity contribution in [1.29, 1.82) is 0 Å². The van der Waals surface area contributed by atoms with Gasteiger partial charge in [0.05, 0.1) is 18.6 Å². The standard InChI is InChI=1S/C20H29N5OS/c1-20(2,3)16-10-18(26)25(13-21-16)11-14-6-8-24(9-7-14)12-17-22-23-19(27-17)15-4-5-15/h10,13-15H,4-9,11-12H2,1-3H3. The molecule has 0 atom stereocenters. The van der Waals surface area contributed by atoms with Gasteiger partial charge in [-0.2, -0.15) is 0 Å². The molecule has 0 N–H and O–H groups in total. The lowest BCUT2D eigenvalue weighted by Crippen LogP contribution is -2.36. The second kappa shape index (κ2) is 7.43. The molecule has 0 radical (unpaired) electrons. The fourth-order valence-electron chi connectivity index (χ4n) is 3.60. The van der Waals surface area contributed by atoms with E-state index in [0.29, 0.717) is 11.8 Å². The summed E-state index contributed by atoms with van der Waals surface area (Å²) in [6, 6.07) is 1.70. The summed E-state index contributed by atoms with van der Waals surface area (Å²) in [4.78, 5) is 19.4. The Morgan fingerprint density at radius 2 is 1.89 bits per heavy atom. The highest BCUT2D eigenvalue weighted by molar-refractivity contribution is 7.11. The Balaban J connectivity index is 1.29. The maximum atomic E-state index is 12.4. The summed E-state index contributed by atoms with van der Waals surface area (Å²) >= 11 is 1.79. The molecule has 27 heavy (non-hydrogen) atoms. The highest BCUT2D eigenvalue weighted by Crippen LogP contribution is 2.41. The quantitative estimate of drug-likeness (QED) is 0.788. The number of hydrogen-bond donors (Lipinski definition) is 0. The van der Waals surface area contributed by atoms with Crippen LogP contribution in [-0.4, -0.2) is 37.7 Å². The van der Waals surface area contributed by atoms with Crippen molar-refractivity contribution < 1.29 is 0 Å². The van der Waals surface area contributed by atoms with E-state index in [9.17, 15) is 4.79 Å². The molecule has 3 heterocycles. The van der Waals surface area contributed by atoms with Gasteiger partial charge in [0.1, 0.15) is 10.0 Å². The van der Waals surface area contributed by atoms with Crippen LogP contribution in [-0.2, 0) is 18.5 Å². The van der Waals surface area contributed by atoms with Gasteiger partial charge in [0, 0.05) is 23.9 Å². The van der Waals surface area contributed by atoms with Gasteiger partial charge in [0.2, 0.25) is 0 Å². The first-order valence-corrected chi connectivity index (χ1v) is 10.8. The van der Waals surface area contributed by atoms with Crippen molar-refractivity contribution >= 4 is 11.3 Å². The molecule has 0 bridgehead atoms. The van der Waals surface area contributed by atoms with Crippen LogP contribution >= 0.6 is 11.3 Å². The molecule has 1 aliphatic heterocycles. The molecule has 1 aliphatic carbocycles. The molecule has 0 unspecified atom stereocenters. The van der Waals surface area contributed by atoms with Crippen molar-refractivity contribution in [3.05, 3.63) is 38.5 Å². The zero-order valence-electron chi connectivity index (χ0n) is 16.5. The second-order valence-electron chi connectivity index (χ2n) is 9.04. The predicted molar refractivity (Wildman–Crippen MR) is 107 cm³/mol. The molecule has 6 nitrogen and oxygen atoms in total. The van der Waals surface area contributed by atoms with Gasteiger partial charge in [-0.25, -0.2) is 4.98 Å². The minimum absolute atomic E-state index is 0.0684. The van der Waals surface area contributed by atoms with E-state index in [-0.39, 0.29) is 11.0 Å². The van der Waals surface area contributed by atoms with Gasteiger partial charge in [-0.05, 0) is 44.7 Å². The van der Waals surface area contributed by atoms with E-state index in [1.165, 1.54) is 17.8 Å². The Labute approximate surface area is 164 Å². The first-order valence-electron chi connectivity index (χ1n) is 10.00. The molecule has 0 amide bonds. The molecule has 1 saturated carbocycles. The summed E-state index contributed by atoms with van der Waals surface area (Å²) in [6.07, 6.45) is 6.52. The lowest BCUT2D eigenvalue weighted by Gasteiger charge is -2.31. The smallest absolute Gasteiger partial charge is 0.253 e. The van der Waals surface area contributed by atoms with Crippen LogP contribution in [0.5, 0.6) is 0 Å². The summed E-state index contributed by atoms with van der Waals surface area (Å²) in [6.45, 7) is 10.1. The third kappa shape index (κ3) is 4.63. The average Bonchev–Trinajstić information content (AvgIpc) is 3.37. The topological polar surface area (TPSA) is 63.9 Å². The van der Waals surface area contributed by atoms with E-state index in [1.54, 1.807) is 28.3 Å². The lowest BCUT2D eigenvalue weighted by atomic mass is 9.92. The van der Waals surface area contributed by atoms with E-state index < -0.39 is 0 Å². The highest BCUT2D eigenvalue weighted by Gasteiger charge is 2.28. The van der Waals surface area contributed by atoms with E-state index in [2.05, 4.69) is 40.9 Å². The maximum absolute atomic E-state index is 12.4. The van der Waals surface area contributed by atoms with Crippen molar-refractivity contribution in [2.75, 3.05) is 13.1 Å². The molecule has 2 aromatic heterocycles. The largest absolute Gasteiger partial charge is 0.299 e. The number of aromatic nitrogens is 4. The van der Waals surface area contributed by atoms with Crippen LogP contribution in [0, 0.1) is 5.92 Å². The van der Waals surface area contributed by atoms with Crippen LogP contribution in [0.25, 0.3) is 0 Å². The summed E-state index contributed by atoms with van der Waals surface area (Å²) in [5, 5.41) is 11.1. The Hall–Kier alpha value is -1.60. The van der Waals surface area contributed by atoms with Gasteiger partial charge >= 0.3 is 0 Å². The molecule has 2 aromatic rings. The molecular weight excluding hydrogens is 358 g/mol. The maximum Gasteiger partial charge on any atom is 0.253 e. The van der Waals surface area contributed by atoms with Crippen LogP contribution in [0.3, 0.4) is 0 Å². The lowest BCUT2D eigenvalue weighted by molar-refractivity contribution is 0.166. The van der Waals surface area contributed by atoms with Crippen molar-refractivity contribution in [3.63, 3.8) is 0 Å².